The van der Waals surface area contributed by atoms with Gasteiger partial charge in [-0.3, -0.25) is 4.79 Å². The molecule has 1 atom stereocenters. The standard InChI is InChI=1S/C15H20N2O5.ClH/c16-15(5-1-2-6-15)14(22)17-10(13(20)21)7-9-3-4-11(18)12(19)8-9;/h3-4,8,10,18-19H,1-2,5-7,16H2,(H,17,22)(H,20,21);1H/t10-;/m0./s1. The zero-order valence-electron chi connectivity index (χ0n) is 12.5. The number of hydrogen-bond donors (Lipinski definition) is 5. The second-order valence-corrected chi connectivity index (χ2v) is 5.75. The summed E-state index contributed by atoms with van der Waals surface area (Å²) in [6.45, 7) is 0. The normalized spacial score (nSPS) is 17.1. The van der Waals surface area contributed by atoms with Gasteiger partial charge in [-0.25, -0.2) is 4.79 Å². The molecular formula is C15H21ClN2O5. The Morgan fingerprint density at radius 2 is 1.83 bits per heavy atom. The summed E-state index contributed by atoms with van der Waals surface area (Å²) in [5.41, 5.74) is 5.50. The molecule has 1 saturated carbocycles. The lowest BCUT2D eigenvalue weighted by Crippen LogP contribution is -2.56. The fourth-order valence-corrected chi connectivity index (χ4v) is 2.67. The number of carbonyl (C=O) groups is 2. The van der Waals surface area contributed by atoms with Gasteiger partial charge in [-0.2, -0.15) is 0 Å². The van der Waals surface area contributed by atoms with Crippen molar-refractivity contribution in [1.82, 2.24) is 5.32 Å². The first kappa shape index (κ1) is 19.1. The van der Waals surface area contributed by atoms with Crippen molar-refractivity contribution in [3.63, 3.8) is 0 Å². The second kappa shape index (κ2) is 7.52. The molecule has 1 aromatic rings. The summed E-state index contributed by atoms with van der Waals surface area (Å²) >= 11 is 0. The average molecular weight is 345 g/mol. The van der Waals surface area contributed by atoms with Crippen molar-refractivity contribution in [2.24, 2.45) is 5.73 Å². The summed E-state index contributed by atoms with van der Waals surface area (Å²) in [5, 5.41) is 30.4. The van der Waals surface area contributed by atoms with E-state index in [1.807, 2.05) is 0 Å². The van der Waals surface area contributed by atoms with Crippen LogP contribution < -0.4 is 11.1 Å². The van der Waals surface area contributed by atoms with Crippen LogP contribution in [0.4, 0.5) is 0 Å². The number of phenols is 2. The minimum absolute atomic E-state index is 0. The Hall–Kier alpha value is -1.99. The number of amides is 1. The van der Waals surface area contributed by atoms with Crippen molar-refractivity contribution in [2.45, 2.75) is 43.7 Å². The van der Waals surface area contributed by atoms with Gasteiger partial charge in [0.2, 0.25) is 5.91 Å². The molecule has 6 N–H and O–H groups in total. The Balaban J connectivity index is 0.00000264. The Kier molecular flexibility index (Phi) is 6.23. The largest absolute Gasteiger partial charge is 0.504 e. The number of hydrogen-bond acceptors (Lipinski definition) is 5. The number of halogens is 1. The predicted molar refractivity (Wildman–Crippen MR) is 85.7 cm³/mol. The van der Waals surface area contributed by atoms with E-state index < -0.39 is 23.5 Å². The molecule has 0 radical (unpaired) electrons. The van der Waals surface area contributed by atoms with Gasteiger partial charge in [-0.15, -0.1) is 12.4 Å². The molecule has 0 aliphatic heterocycles. The fraction of sp³-hybridized carbons (Fsp3) is 0.467. The molecule has 0 unspecified atom stereocenters. The molecular weight excluding hydrogens is 324 g/mol. The van der Waals surface area contributed by atoms with Gasteiger partial charge in [-0.05, 0) is 30.5 Å². The predicted octanol–water partition coefficient (Wildman–Crippen LogP) is 0.903. The minimum Gasteiger partial charge on any atom is -0.504 e. The monoisotopic (exact) mass is 344 g/mol. The maximum absolute atomic E-state index is 12.2. The van der Waals surface area contributed by atoms with E-state index in [1.165, 1.54) is 18.2 Å². The van der Waals surface area contributed by atoms with E-state index in [9.17, 15) is 24.9 Å². The molecule has 1 aliphatic rings. The highest BCUT2D eigenvalue weighted by molar-refractivity contribution is 5.90. The van der Waals surface area contributed by atoms with Crippen LogP contribution in [0.5, 0.6) is 11.5 Å². The summed E-state index contributed by atoms with van der Waals surface area (Å²) in [4.78, 5) is 23.5. The van der Waals surface area contributed by atoms with Crippen molar-refractivity contribution in [3.8, 4) is 11.5 Å². The van der Waals surface area contributed by atoms with Crippen molar-refractivity contribution < 1.29 is 24.9 Å². The van der Waals surface area contributed by atoms with Crippen molar-refractivity contribution in [2.75, 3.05) is 0 Å². The molecule has 0 heterocycles. The van der Waals surface area contributed by atoms with E-state index in [2.05, 4.69) is 5.32 Å². The Bertz CT molecular complexity index is 587. The summed E-state index contributed by atoms with van der Waals surface area (Å²) in [7, 11) is 0. The molecule has 0 spiro atoms. The van der Waals surface area contributed by atoms with E-state index in [4.69, 9.17) is 5.73 Å². The highest BCUT2D eigenvalue weighted by Gasteiger charge is 2.38. The van der Waals surface area contributed by atoms with Crippen LogP contribution in [0.25, 0.3) is 0 Å². The van der Waals surface area contributed by atoms with Crippen LogP contribution in [0.15, 0.2) is 18.2 Å². The van der Waals surface area contributed by atoms with E-state index in [1.54, 1.807) is 0 Å². The highest BCUT2D eigenvalue weighted by Crippen LogP contribution is 2.28. The van der Waals surface area contributed by atoms with Crippen LogP contribution in [-0.2, 0) is 16.0 Å². The van der Waals surface area contributed by atoms with Crippen LogP contribution in [0.1, 0.15) is 31.2 Å². The molecule has 2 rings (SSSR count). The van der Waals surface area contributed by atoms with E-state index >= 15 is 0 Å². The lowest BCUT2D eigenvalue weighted by atomic mass is 9.96. The lowest BCUT2D eigenvalue weighted by molar-refractivity contribution is -0.142. The van der Waals surface area contributed by atoms with Crippen LogP contribution in [0.3, 0.4) is 0 Å². The molecule has 128 valence electrons. The molecule has 1 amide bonds. The van der Waals surface area contributed by atoms with Crippen molar-refractivity contribution in [3.05, 3.63) is 23.8 Å². The number of carboxylic acids is 1. The number of benzene rings is 1. The van der Waals surface area contributed by atoms with Gasteiger partial charge in [0.1, 0.15) is 6.04 Å². The van der Waals surface area contributed by atoms with Gasteiger partial charge in [-0.1, -0.05) is 18.9 Å². The minimum atomic E-state index is -1.18. The van der Waals surface area contributed by atoms with Crippen molar-refractivity contribution >= 4 is 24.3 Å². The topological polar surface area (TPSA) is 133 Å². The number of carboxylic acid groups (broad SMARTS) is 1. The second-order valence-electron chi connectivity index (χ2n) is 5.75. The zero-order valence-corrected chi connectivity index (χ0v) is 13.3. The first-order valence-corrected chi connectivity index (χ1v) is 7.15. The van der Waals surface area contributed by atoms with Crippen LogP contribution in [0.2, 0.25) is 0 Å². The maximum Gasteiger partial charge on any atom is 0.326 e. The SMILES string of the molecule is Cl.NC1(C(=O)N[C@@H](Cc2ccc(O)c(O)c2)C(=O)O)CCCC1. The Labute approximate surface area is 139 Å². The fourth-order valence-electron chi connectivity index (χ4n) is 2.67. The van der Waals surface area contributed by atoms with Gasteiger partial charge in [0.05, 0.1) is 5.54 Å². The van der Waals surface area contributed by atoms with Gasteiger partial charge in [0, 0.05) is 6.42 Å². The van der Waals surface area contributed by atoms with E-state index in [0.29, 0.717) is 18.4 Å². The van der Waals surface area contributed by atoms with Gasteiger partial charge >= 0.3 is 5.97 Å². The lowest BCUT2D eigenvalue weighted by Gasteiger charge is -2.25. The molecule has 23 heavy (non-hydrogen) atoms. The quantitative estimate of drug-likeness (QED) is 0.504. The third kappa shape index (κ3) is 4.49. The molecule has 8 heteroatoms. The highest BCUT2D eigenvalue weighted by atomic mass is 35.5. The summed E-state index contributed by atoms with van der Waals surface area (Å²) in [6, 6.07) is 2.89. The van der Waals surface area contributed by atoms with Crippen LogP contribution in [-0.4, -0.2) is 38.8 Å². The Morgan fingerprint density at radius 3 is 2.35 bits per heavy atom. The summed E-state index contributed by atoms with van der Waals surface area (Å²) < 4.78 is 0. The number of carbonyl (C=O) groups excluding carboxylic acids is 1. The zero-order chi connectivity index (χ0) is 16.3. The molecule has 7 nitrogen and oxygen atoms in total. The molecule has 1 aliphatic carbocycles. The number of nitrogens with two attached hydrogens (primary N) is 1. The Morgan fingerprint density at radius 1 is 1.22 bits per heavy atom. The van der Waals surface area contributed by atoms with E-state index in [0.717, 1.165) is 12.8 Å². The first-order valence-electron chi connectivity index (χ1n) is 7.15. The first-order chi connectivity index (χ1) is 10.3. The van der Waals surface area contributed by atoms with Crippen LogP contribution >= 0.6 is 12.4 Å². The molecule has 0 aromatic heterocycles. The van der Waals surface area contributed by atoms with Gasteiger partial charge in [0.15, 0.2) is 11.5 Å². The molecule has 0 bridgehead atoms. The number of nitrogens with one attached hydrogen (secondary N) is 1. The van der Waals surface area contributed by atoms with Gasteiger partial charge in [0.25, 0.3) is 0 Å². The third-order valence-corrected chi connectivity index (χ3v) is 4.03. The number of rotatable bonds is 5. The maximum atomic E-state index is 12.2. The summed E-state index contributed by atoms with van der Waals surface area (Å²) in [5.74, 6) is -2.26. The number of phenolic OH excluding ortho intramolecular Hbond substituents is 2. The summed E-state index contributed by atoms with van der Waals surface area (Å²) in [6.07, 6.45) is 2.79. The average Bonchev–Trinajstić information content (AvgIpc) is 2.90. The third-order valence-electron chi connectivity index (χ3n) is 4.03. The number of aliphatic carboxylic acids is 1. The molecule has 0 saturated heterocycles. The van der Waals surface area contributed by atoms with Crippen molar-refractivity contribution in [1.29, 1.82) is 0 Å². The van der Waals surface area contributed by atoms with E-state index in [-0.39, 0.29) is 30.3 Å². The molecule has 1 fully saturated rings. The van der Waals surface area contributed by atoms with Gasteiger partial charge < -0.3 is 26.4 Å². The smallest absolute Gasteiger partial charge is 0.326 e. The molecule has 1 aromatic carbocycles. The number of aromatic hydroxyl groups is 2. The van der Waals surface area contributed by atoms with Crippen LogP contribution in [0, 0.1) is 0 Å².